The van der Waals surface area contributed by atoms with E-state index in [0.29, 0.717) is 19.0 Å². The lowest BCUT2D eigenvalue weighted by Gasteiger charge is -2.10. The first-order valence-corrected chi connectivity index (χ1v) is 8.38. The van der Waals surface area contributed by atoms with E-state index in [4.69, 9.17) is 18.6 Å². The molecule has 130 valence electrons. The van der Waals surface area contributed by atoms with E-state index >= 15 is 0 Å². The molecule has 0 aliphatic rings. The predicted molar refractivity (Wildman–Crippen MR) is 100 cm³/mol. The fourth-order valence-electron chi connectivity index (χ4n) is 2.58. The maximum Gasteiger partial charge on any atom is 0.164 e. The van der Waals surface area contributed by atoms with Gasteiger partial charge in [0.15, 0.2) is 11.5 Å². The van der Waals surface area contributed by atoms with Crippen LogP contribution in [0, 0.1) is 0 Å². The highest BCUT2D eigenvalue weighted by Gasteiger charge is 2.10. The van der Waals surface area contributed by atoms with Crippen molar-refractivity contribution < 1.29 is 18.6 Å². The normalized spacial score (nSPS) is 11.2. The third-order valence-electron chi connectivity index (χ3n) is 3.76. The summed E-state index contributed by atoms with van der Waals surface area (Å²) >= 11 is 0. The molecule has 0 N–H and O–H groups in total. The van der Waals surface area contributed by atoms with Crippen LogP contribution in [0.15, 0.2) is 46.9 Å². The van der Waals surface area contributed by atoms with Crippen LogP contribution >= 0.6 is 0 Å². The summed E-state index contributed by atoms with van der Waals surface area (Å²) in [6.45, 7) is 5.08. The molecule has 0 saturated heterocycles. The standard InChI is InChI=1S/C21H22O4/c1-4-23-20-13-16-12-18(25-19(16)14-21(20)24-5-2)11-8-15-6-9-17(22-3)10-7-15/h6-14H,4-5H2,1-3H3. The van der Waals surface area contributed by atoms with E-state index in [-0.39, 0.29) is 0 Å². The van der Waals surface area contributed by atoms with Crippen molar-refractivity contribution in [1.29, 1.82) is 0 Å². The van der Waals surface area contributed by atoms with Crippen LogP contribution in [0.5, 0.6) is 17.2 Å². The molecule has 0 amide bonds. The van der Waals surface area contributed by atoms with Gasteiger partial charge in [-0.25, -0.2) is 0 Å². The summed E-state index contributed by atoms with van der Waals surface area (Å²) in [6.07, 6.45) is 3.95. The Morgan fingerprint density at radius 2 is 1.56 bits per heavy atom. The largest absolute Gasteiger partial charge is 0.497 e. The molecule has 1 aromatic heterocycles. The molecule has 1 heterocycles. The molecule has 4 heteroatoms. The van der Waals surface area contributed by atoms with Gasteiger partial charge in [-0.3, -0.25) is 0 Å². The summed E-state index contributed by atoms with van der Waals surface area (Å²) < 4.78 is 22.4. The summed E-state index contributed by atoms with van der Waals surface area (Å²) in [5.74, 6) is 3.06. The van der Waals surface area contributed by atoms with Crippen molar-refractivity contribution in [2.45, 2.75) is 13.8 Å². The zero-order valence-electron chi connectivity index (χ0n) is 14.7. The van der Waals surface area contributed by atoms with E-state index in [1.807, 2.05) is 68.5 Å². The van der Waals surface area contributed by atoms with E-state index in [1.54, 1.807) is 7.11 Å². The van der Waals surface area contributed by atoms with Gasteiger partial charge in [0.05, 0.1) is 20.3 Å². The Bertz CT molecular complexity index is 816. The Morgan fingerprint density at radius 1 is 0.880 bits per heavy atom. The highest BCUT2D eigenvalue weighted by molar-refractivity contribution is 5.85. The SMILES string of the molecule is CCOc1cc2cc(C=Cc3ccc(OC)cc3)oc2cc1OCC. The van der Waals surface area contributed by atoms with Crippen LogP contribution < -0.4 is 14.2 Å². The van der Waals surface area contributed by atoms with Crippen LogP contribution in [-0.2, 0) is 0 Å². The molecule has 0 fully saturated rings. The van der Waals surface area contributed by atoms with Crippen molar-refractivity contribution in [2.24, 2.45) is 0 Å². The molecule has 25 heavy (non-hydrogen) atoms. The van der Waals surface area contributed by atoms with Crippen molar-refractivity contribution >= 4 is 23.1 Å². The second-order valence-corrected chi connectivity index (χ2v) is 5.46. The van der Waals surface area contributed by atoms with Gasteiger partial charge in [-0.15, -0.1) is 0 Å². The maximum atomic E-state index is 5.91. The fourth-order valence-corrected chi connectivity index (χ4v) is 2.58. The Kier molecular flexibility index (Phi) is 5.29. The first-order chi connectivity index (χ1) is 12.2. The Labute approximate surface area is 147 Å². The second kappa shape index (κ2) is 7.79. The summed E-state index contributed by atoms with van der Waals surface area (Å²) in [5.41, 5.74) is 1.85. The first kappa shape index (κ1) is 17.0. The molecule has 2 aromatic carbocycles. The molecule has 0 radical (unpaired) electrons. The van der Waals surface area contributed by atoms with Crippen LogP contribution in [0.1, 0.15) is 25.2 Å². The fraction of sp³-hybridized carbons (Fsp3) is 0.238. The van der Waals surface area contributed by atoms with Gasteiger partial charge in [0.2, 0.25) is 0 Å². The lowest BCUT2D eigenvalue weighted by atomic mass is 10.2. The summed E-state index contributed by atoms with van der Waals surface area (Å²) in [6, 6.07) is 13.7. The Hall–Kier alpha value is -2.88. The van der Waals surface area contributed by atoms with Crippen LogP contribution in [-0.4, -0.2) is 20.3 Å². The molecule has 0 bridgehead atoms. The van der Waals surface area contributed by atoms with E-state index in [2.05, 4.69) is 0 Å². The lowest BCUT2D eigenvalue weighted by molar-refractivity contribution is 0.288. The number of benzene rings is 2. The van der Waals surface area contributed by atoms with E-state index < -0.39 is 0 Å². The monoisotopic (exact) mass is 338 g/mol. The minimum atomic E-state index is 0.580. The van der Waals surface area contributed by atoms with Gasteiger partial charge < -0.3 is 18.6 Å². The number of furan rings is 1. The third kappa shape index (κ3) is 3.97. The van der Waals surface area contributed by atoms with E-state index in [1.165, 1.54) is 0 Å². The summed E-state index contributed by atoms with van der Waals surface area (Å²) in [5, 5.41) is 0.987. The first-order valence-electron chi connectivity index (χ1n) is 8.38. The summed E-state index contributed by atoms with van der Waals surface area (Å²) in [7, 11) is 1.66. The topological polar surface area (TPSA) is 40.8 Å². The number of hydrogen-bond acceptors (Lipinski definition) is 4. The Balaban J connectivity index is 1.87. The van der Waals surface area contributed by atoms with Crippen molar-refractivity contribution in [3.05, 3.63) is 53.8 Å². The molecule has 0 atom stereocenters. The van der Waals surface area contributed by atoms with E-state index in [0.717, 1.165) is 33.8 Å². The van der Waals surface area contributed by atoms with Gasteiger partial charge in [0.25, 0.3) is 0 Å². The van der Waals surface area contributed by atoms with Crippen LogP contribution in [0.2, 0.25) is 0 Å². The van der Waals surface area contributed by atoms with Gasteiger partial charge in [-0.1, -0.05) is 18.2 Å². The van der Waals surface area contributed by atoms with Crippen LogP contribution in [0.3, 0.4) is 0 Å². The maximum absolute atomic E-state index is 5.91. The van der Waals surface area contributed by atoms with Crippen molar-refractivity contribution in [3.63, 3.8) is 0 Å². The zero-order valence-corrected chi connectivity index (χ0v) is 14.7. The molecule has 0 unspecified atom stereocenters. The smallest absolute Gasteiger partial charge is 0.164 e. The van der Waals surface area contributed by atoms with E-state index in [9.17, 15) is 0 Å². The average Bonchev–Trinajstić information content (AvgIpc) is 3.03. The van der Waals surface area contributed by atoms with Gasteiger partial charge in [0.1, 0.15) is 17.1 Å². The number of rotatable bonds is 7. The number of ether oxygens (including phenoxy) is 3. The second-order valence-electron chi connectivity index (χ2n) is 5.46. The minimum Gasteiger partial charge on any atom is -0.497 e. The lowest BCUT2D eigenvalue weighted by Crippen LogP contribution is -1.97. The predicted octanol–water partition coefficient (Wildman–Crippen LogP) is 5.41. The molecular weight excluding hydrogens is 316 g/mol. The minimum absolute atomic E-state index is 0.580. The van der Waals surface area contributed by atoms with Gasteiger partial charge in [0, 0.05) is 11.5 Å². The number of hydrogen-bond donors (Lipinski definition) is 0. The number of fused-ring (bicyclic) bond motifs is 1. The third-order valence-corrected chi connectivity index (χ3v) is 3.76. The molecule has 0 aliphatic heterocycles. The number of methoxy groups -OCH3 is 1. The molecule has 0 aliphatic carbocycles. The summed E-state index contributed by atoms with van der Waals surface area (Å²) in [4.78, 5) is 0. The molecule has 3 aromatic rings. The van der Waals surface area contributed by atoms with Crippen LogP contribution in [0.4, 0.5) is 0 Å². The highest BCUT2D eigenvalue weighted by Crippen LogP contribution is 2.34. The van der Waals surface area contributed by atoms with Gasteiger partial charge >= 0.3 is 0 Å². The highest BCUT2D eigenvalue weighted by atomic mass is 16.5. The molecule has 0 spiro atoms. The van der Waals surface area contributed by atoms with Gasteiger partial charge in [-0.05, 0) is 49.8 Å². The van der Waals surface area contributed by atoms with Crippen molar-refractivity contribution in [1.82, 2.24) is 0 Å². The quantitative estimate of drug-likeness (QED) is 0.577. The molecule has 3 rings (SSSR count). The van der Waals surface area contributed by atoms with Crippen molar-refractivity contribution in [2.75, 3.05) is 20.3 Å². The van der Waals surface area contributed by atoms with Gasteiger partial charge in [-0.2, -0.15) is 0 Å². The van der Waals surface area contributed by atoms with Crippen LogP contribution in [0.25, 0.3) is 23.1 Å². The molecule has 4 nitrogen and oxygen atoms in total. The average molecular weight is 338 g/mol. The Morgan fingerprint density at radius 3 is 2.20 bits per heavy atom. The molecular formula is C21H22O4. The molecule has 0 saturated carbocycles. The van der Waals surface area contributed by atoms with Crippen molar-refractivity contribution in [3.8, 4) is 17.2 Å². The zero-order chi connectivity index (χ0) is 17.6.